The number of amides is 1. The van der Waals surface area contributed by atoms with Crippen molar-refractivity contribution in [2.24, 2.45) is 0 Å². The van der Waals surface area contributed by atoms with Crippen molar-refractivity contribution in [3.05, 3.63) is 33.6 Å². The standard InChI is InChI=1S/C9H7BrN2O2S/c1-5-3-11-9(15-5)12-8(13)6-2-7(10)14-4-6/h2-4H,1H3,(H,11,12,13). The molecule has 4 nitrogen and oxygen atoms in total. The maximum atomic E-state index is 11.6. The normalized spacial score (nSPS) is 10.3. The molecule has 0 bridgehead atoms. The SMILES string of the molecule is Cc1cnc(NC(=O)c2coc(Br)c2)s1. The zero-order valence-corrected chi connectivity index (χ0v) is 10.2. The molecule has 2 aromatic rings. The highest BCUT2D eigenvalue weighted by molar-refractivity contribution is 9.10. The van der Waals surface area contributed by atoms with Crippen molar-refractivity contribution < 1.29 is 9.21 Å². The fraction of sp³-hybridized carbons (Fsp3) is 0.111. The van der Waals surface area contributed by atoms with E-state index in [0.717, 1.165) is 4.88 Å². The van der Waals surface area contributed by atoms with Gasteiger partial charge in [0.15, 0.2) is 9.80 Å². The van der Waals surface area contributed by atoms with Crippen molar-refractivity contribution >= 4 is 38.3 Å². The van der Waals surface area contributed by atoms with Crippen LogP contribution < -0.4 is 5.32 Å². The highest BCUT2D eigenvalue weighted by atomic mass is 79.9. The van der Waals surface area contributed by atoms with Crippen molar-refractivity contribution in [2.75, 3.05) is 5.32 Å². The first-order valence-corrected chi connectivity index (χ1v) is 5.74. The third-order valence-corrected chi connectivity index (χ3v) is 2.92. The molecule has 0 saturated heterocycles. The molecular weight excluding hydrogens is 280 g/mol. The van der Waals surface area contributed by atoms with Crippen molar-refractivity contribution in [1.29, 1.82) is 0 Å². The summed E-state index contributed by atoms with van der Waals surface area (Å²) in [6.45, 7) is 1.93. The Bertz CT molecular complexity index is 492. The monoisotopic (exact) mass is 286 g/mol. The number of carbonyl (C=O) groups excluding carboxylic acids is 1. The molecule has 0 saturated carbocycles. The second-order valence-electron chi connectivity index (χ2n) is 2.87. The van der Waals surface area contributed by atoms with E-state index < -0.39 is 0 Å². The van der Waals surface area contributed by atoms with Crippen molar-refractivity contribution in [3.8, 4) is 0 Å². The molecule has 1 N–H and O–H groups in total. The largest absolute Gasteiger partial charge is 0.457 e. The van der Waals surface area contributed by atoms with Gasteiger partial charge in [-0.1, -0.05) is 0 Å². The Morgan fingerprint density at radius 3 is 3.00 bits per heavy atom. The van der Waals surface area contributed by atoms with Crippen LogP contribution in [0, 0.1) is 6.92 Å². The Kier molecular flexibility index (Phi) is 2.88. The van der Waals surface area contributed by atoms with Crippen LogP contribution in [0.5, 0.6) is 0 Å². The van der Waals surface area contributed by atoms with Gasteiger partial charge in [0.2, 0.25) is 0 Å². The van der Waals surface area contributed by atoms with Gasteiger partial charge < -0.3 is 4.42 Å². The Balaban J connectivity index is 2.10. The zero-order chi connectivity index (χ0) is 10.8. The number of aryl methyl sites for hydroxylation is 1. The van der Waals surface area contributed by atoms with Crippen LogP contribution in [0.1, 0.15) is 15.2 Å². The maximum Gasteiger partial charge on any atom is 0.260 e. The first kappa shape index (κ1) is 10.4. The van der Waals surface area contributed by atoms with Gasteiger partial charge in [0.1, 0.15) is 6.26 Å². The van der Waals surface area contributed by atoms with Crippen molar-refractivity contribution in [3.63, 3.8) is 0 Å². The lowest BCUT2D eigenvalue weighted by molar-refractivity contribution is 0.102. The highest BCUT2D eigenvalue weighted by Crippen LogP contribution is 2.19. The number of carbonyl (C=O) groups is 1. The lowest BCUT2D eigenvalue weighted by atomic mass is 10.3. The van der Waals surface area contributed by atoms with E-state index in [0.29, 0.717) is 15.4 Å². The minimum Gasteiger partial charge on any atom is -0.457 e. The number of anilines is 1. The first-order valence-electron chi connectivity index (χ1n) is 4.13. The molecular formula is C9H7BrN2O2S. The number of nitrogens with zero attached hydrogens (tertiary/aromatic N) is 1. The minimum atomic E-state index is -0.223. The van der Waals surface area contributed by atoms with E-state index in [1.807, 2.05) is 6.92 Å². The molecule has 0 fully saturated rings. The minimum absolute atomic E-state index is 0.223. The summed E-state index contributed by atoms with van der Waals surface area (Å²) in [5, 5.41) is 3.27. The van der Waals surface area contributed by atoms with Gasteiger partial charge in [-0.2, -0.15) is 0 Å². The smallest absolute Gasteiger partial charge is 0.260 e. The van der Waals surface area contributed by atoms with Crippen molar-refractivity contribution in [1.82, 2.24) is 4.98 Å². The average Bonchev–Trinajstić information content (AvgIpc) is 2.75. The van der Waals surface area contributed by atoms with Gasteiger partial charge in [0.05, 0.1) is 5.56 Å². The molecule has 6 heteroatoms. The van der Waals surface area contributed by atoms with Crippen LogP contribution in [0.2, 0.25) is 0 Å². The quantitative estimate of drug-likeness (QED) is 0.923. The van der Waals surface area contributed by atoms with Gasteiger partial charge in [0, 0.05) is 17.1 Å². The molecule has 0 radical (unpaired) electrons. The summed E-state index contributed by atoms with van der Waals surface area (Å²) in [6.07, 6.45) is 3.10. The Labute approximate surface area is 98.5 Å². The number of rotatable bonds is 2. The van der Waals surface area contributed by atoms with Gasteiger partial charge in [-0.25, -0.2) is 4.98 Å². The summed E-state index contributed by atoms with van der Waals surface area (Å²) >= 11 is 4.56. The van der Waals surface area contributed by atoms with E-state index in [-0.39, 0.29) is 5.91 Å². The van der Waals surface area contributed by atoms with Gasteiger partial charge in [-0.05, 0) is 22.9 Å². The van der Waals surface area contributed by atoms with Gasteiger partial charge in [-0.15, -0.1) is 11.3 Å². The second-order valence-corrected chi connectivity index (χ2v) is 4.89. The van der Waals surface area contributed by atoms with E-state index in [2.05, 4.69) is 26.2 Å². The average molecular weight is 287 g/mol. The van der Waals surface area contributed by atoms with Crippen LogP contribution in [0.3, 0.4) is 0 Å². The van der Waals surface area contributed by atoms with E-state index in [1.165, 1.54) is 17.6 Å². The molecule has 0 unspecified atom stereocenters. The molecule has 2 aromatic heterocycles. The topological polar surface area (TPSA) is 55.1 Å². The number of furan rings is 1. The zero-order valence-electron chi connectivity index (χ0n) is 7.78. The lowest BCUT2D eigenvalue weighted by Gasteiger charge is -1.96. The molecule has 0 atom stereocenters. The summed E-state index contributed by atoms with van der Waals surface area (Å²) in [5.74, 6) is -0.223. The van der Waals surface area contributed by atoms with Crippen LogP contribution in [-0.4, -0.2) is 10.9 Å². The summed E-state index contributed by atoms with van der Waals surface area (Å²) in [4.78, 5) is 16.7. The first-order chi connectivity index (χ1) is 7.15. The highest BCUT2D eigenvalue weighted by Gasteiger charge is 2.10. The van der Waals surface area contributed by atoms with Gasteiger partial charge >= 0.3 is 0 Å². The summed E-state index contributed by atoms with van der Waals surface area (Å²) in [6, 6.07) is 1.61. The fourth-order valence-electron chi connectivity index (χ4n) is 1.01. The van der Waals surface area contributed by atoms with Crippen LogP contribution in [0.4, 0.5) is 5.13 Å². The number of nitrogens with one attached hydrogen (secondary N) is 1. The number of hydrogen-bond acceptors (Lipinski definition) is 4. The molecule has 1 amide bonds. The predicted molar refractivity (Wildman–Crippen MR) is 61.2 cm³/mol. The van der Waals surface area contributed by atoms with E-state index >= 15 is 0 Å². The second kappa shape index (κ2) is 4.16. The van der Waals surface area contributed by atoms with Crippen LogP contribution >= 0.6 is 27.3 Å². The fourth-order valence-corrected chi connectivity index (χ4v) is 2.01. The summed E-state index contributed by atoms with van der Waals surface area (Å²) in [7, 11) is 0. The third-order valence-electron chi connectivity index (χ3n) is 1.67. The predicted octanol–water partition coefficient (Wildman–Crippen LogP) is 3.06. The number of halogens is 1. The van der Waals surface area contributed by atoms with E-state index in [9.17, 15) is 4.79 Å². The third kappa shape index (κ3) is 2.45. The van der Waals surface area contributed by atoms with E-state index in [1.54, 1.807) is 12.3 Å². The van der Waals surface area contributed by atoms with Crippen molar-refractivity contribution in [2.45, 2.75) is 6.92 Å². The van der Waals surface area contributed by atoms with Crippen LogP contribution in [0.15, 0.2) is 27.6 Å². The molecule has 0 aliphatic carbocycles. The lowest BCUT2D eigenvalue weighted by Crippen LogP contribution is -2.10. The van der Waals surface area contributed by atoms with Gasteiger partial charge in [0.25, 0.3) is 5.91 Å². The molecule has 0 aliphatic heterocycles. The molecule has 15 heavy (non-hydrogen) atoms. The Hall–Kier alpha value is -1.14. The molecule has 2 rings (SSSR count). The molecule has 0 spiro atoms. The molecule has 78 valence electrons. The number of thiazole rings is 1. The molecule has 0 aromatic carbocycles. The maximum absolute atomic E-state index is 11.6. The summed E-state index contributed by atoms with van der Waals surface area (Å²) < 4.78 is 5.50. The van der Waals surface area contributed by atoms with Crippen LogP contribution in [-0.2, 0) is 0 Å². The molecule has 2 heterocycles. The van der Waals surface area contributed by atoms with Gasteiger partial charge in [-0.3, -0.25) is 10.1 Å². The number of hydrogen-bond donors (Lipinski definition) is 1. The Morgan fingerprint density at radius 1 is 1.67 bits per heavy atom. The van der Waals surface area contributed by atoms with Crippen LogP contribution in [0.25, 0.3) is 0 Å². The Morgan fingerprint density at radius 2 is 2.47 bits per heavy atom. The number of aromatic nitrogens is 1. The molecule has 0 aliphatic rings. The summed E-state index contributed by atoms with van der Waals surface area (Å²) in [5.41, 5.74) is 0.467. The van der Waals surface area contributed by atoms with E-state index in [4.69, 9.17) is 4.42 Å².